The molecule has 27 heavy (non-hydrogen) atoms. The molecular weight excluding hydrogens is 350 g/mol. The SMILES string of the molecule is CCOC(=O)N1CCC2(CC1)CC(=O)c1cc(/C=C/C(=O)CO)ccc1O2. The Labute approximate surface area is 157 Å². The average molecular weight is 373 g/mol. The molecule has 2 heterocycles. The van der Waals surface area contributed by atoms with E-state index in [2.05, 4.69) is 0 Å². The summed E-state index contributed by atoms with van der Waals surface area (Å²) in [6, 6.07) is 5.19. The Hall–Kier alpha value is -2.67. The van der Waals surface area contributed by atoms with Gasteiger partial charge in [-0.3, -0.25) is 9.59 Å². The van der Waals surface area contributed by atoms with E-state index in [0.29, 0.717) is 49.4 Å². The molecule has 1 amide bonds. The van der Waals surface area contributed by atoms with Gasteiger partial charge in [-0.2, -0.15) is 0 Å². The quantitative estimate of drug-likeness (QED) is 0.814. The topological polar surface area (TPSA) is 93.1 Å². The number of hydrogen-bond acceptors (Lipinski definition) is 6. The van der Waals surface area contributed by atoms with Gasteiger partial charge in [0.25, 0.3) is 0 Å². The fourth-order valence-corrected chi connectivity index (χ4v) is 3.45. The lowest BCUT2D eigenvalue weighted by Gasteiger charge is -2.43. The minimum atomic E-state index is -0.586. The van der Waals surface area contributed by atoms with Gasteiger partial charge in [-0.15, -0.1) is 0 Å². The lowest BCUT2D eigenvalue weighted by Crippen LogP contribution is -2.52. The minimum Gasteiger partial charge on any atom is -0.486 e. The number of likely N-dealkylation sites (tertiary alicyclic amines) is 1. The smallest absolute Gasteiger partial charge is 0.409 e. The maximum absolute atomic E-state index is 12.7. The molecule has 7 heteroatoms. The van der Waals surface area contributed by atoms with E-state index in [1.165, 1.54) is 6.08 Å². The van der Waals surface area contributed by atoms with Crippen molar-refractivity contribution in [1.29, 1.82) is 0 Å². The van der Waals surface area contributed by atoms with E-state index < -0.39 is 18.0 Å². The van der Waals surface area contributed by atoms with Crippen LogP contribution in [0.4, 0.5) is 4.79 Å². The predicted octanol–water partition coefficient (Wildman–Crippen LogP) is 2.22. The van der Waals surface area contributed by atoms with Crippen LogP contribution in [0.15, 0.2) is 24.3 Å². The number of aliphatic hydroxyl groups is 1. The Morgan fingerprint density at radius 2 is 2.07 bits per heavy atom. The molecule has 0 aromatic heterocycles. The highest BCUT2D eigenvalue weighted by Gasteiger charge is 2.43. The van der Waals surface area contributed by atoms with Crippen LogP contribution in [0.3, 0.4) is 0 Å². The third-order valence-electron chi connectivity index (χ3n) is 4.93. The number of carbonyl (C=O) groups excluding carboxylic acids is 3. The van der Waals surface area contributed by atoms with E-state index >= 15 is 0 Å². The van der Waals surface area contributed by atoms with E-state index in [0.717, 1.165) is 0 Å². The van der Waals surface area contributed by atoms with Gasteiger partial charge in [0.2, 0.25) is 0 Å². The van der Waals surface area contributed by atoms with Crippen molar-refractivity contribution in [3.63, 3.8) is 0 Å². The summed E-state index contributed by atoms with van der Waals surface area (Å²) < 4.78 is 11.2. The molecule has 0 radical (unpaired) electrons. The minimum absolute atomic E-state index is 0.00966. The van der Waals surface area contributed by atoms with Crippen molar-refractivity contribution in [3.8, 4) is 5.75 Å². The van der Waals surface area contributed by atoms with Crippen LogP contribution in [0, 0.1) is 0 Å². The first kappa shape index (κ1) is 19.1. The number of Topliss-reactive ketones (excluding diaryl/α,β-unsaturated/α-hetero) is 1. The number of ketones is 2. The van der Waals surface area contributed by atoms with Crippen molar-refractivity contribution in [2.45, 2.75) is 31.8 Å². The van der Waals surface area contributed by atoms with E-state index in [9.17, 15) is 14.4 Å². The molecule has 0 unspecified atom stereocenters. The largest absolute Gasteiger partial charge is 0.486 e. The molecule has 0 saturated carbocycles. The molecule has 1 aromatic carbocycles. The molecule has 0 atom stereocenters. The second-order valence-electron chi connectivity index (χ2n) is 6.78. The van der Waals surface area contributed by atoms with E-state index in [-0.39, 0.29) is 18.3 Å². The molecule has 1 N–H and O–H groups in total. The summed E-state index contributed by atoms with van der Waals surface area (Å²) in [5.74, 6) is 0.119. The number of hydrogen-bond donors (Lipinski definition) is 1. The van der Waals surface area contributed by atoms with Gasteiger partial charge in [-0.25, -0.2) is 4.79 Å². The van der Waals surface area contributed by atoms with Crippen LogP contribution < -0.4 is 4.74 Å². The second-order valence-corrected chi connectivity index (χ2v) is 6.78. The third-order valence-corrected chi connectivity index (χ3v) is 4.93. The van der Waals surface area contributed by atoms with Gasteiger partial charge >= 0.3 is 6.09 Å². The molecule has 0 bridgehead atoms. The summed E-state index contributed by atoms with van der Waals surface area (Å²) in [6.45, 7) is 2.54. The number of carbonyl (C=O) groups is 3. The summed E-state index contributed by atoms with van der Waals surface area (Å²) >= 11 is 0. The zero-order valence-corrected chi connectivity index (χ0v) is 15.3. The first-order valence-corrected chi connectivity index (χ1v) is 9.06. The Morgan fingerprint density at radius 1 is 1.33 bits per heavy atom. The molecule has 1 fully saturated rings. The standard InChI is InChI=1S/C20H23NO6/c1-2-26-19(25)21-9-7-20(8-10-21)12-17(24)16-11-14(3-5-15(23)13-22)4-6-18(16)27-20/h3-6,11,22H,2,7-10,12-13H2,1H3/b5-3+. The first-order valence-electron chi connectivity index (χ1n) is 9.06. The Bertz CT molecular complexity index is 777. The highest BCUT2D eigenvalue weighted by Crippen LogP contribution is 2.39. The number of fused-ring (bicyclic) bond motifs is 1. The summed E-state index contributed by atoms with van der Waals surface area (Å²) in [5, 5.41) is 8.76. The molecule has 1 aromatic rings. The van der Waals surface area contributed by atoms with Gasteiger partial charge in [-0.1, -0.05) is 12.1 Å². The van der Waals surface area contributed by atoms with Crippen LogP contribution >= 0.6 is 0 Å². The summed E-state index contributed by atoms with van der Waals surface area (Å²) in [4.78, 5) is 37.4. The lowest BCUT2D eigenvalue weighted by atomic mass is 9.82. The number of nitrogens with zero attached hydrogens (tertiary/aromatic N) is 1. The maximum Gasteiger partial charge on any atom is 0.409 e. The lowest BCUT2D eigenvalue weighted by molar-refractivity contribution is -0.117. The van der Waals surface area contributed by atoms with Crippen LogP contribution in [0.1, 0.15) is 42.1 Å². The van der Waals surface area contributed by atoms with Crippen molar-refractivity contribution < 1.29 is 29.0 Å². The Morgan fingerprint density at radius 3 is 2.74 bits per heavy atom. The van der Waals surface area contributed by atoms with Crippen molar-refractivity contribution in [3.05, 3.63) is 35.4 Å². The van der Waals surface area contributed by atoms with Crippen molar-refractivity contribution in [2.24, 2.45) is 0 Å². The third kappa shape index (κ3) is 4.19. The molecule has 1 spiro atoms. The van der Waals surface area contributed by atoms with Crippen LogP contribution in [0.2, 0.25) is 0 Å². The highest BCUT2D eigenvalue weighted by atomic mass is 16.6. The number of aliphatic hydroxyl groups excluding tert-OH is 1. The fourth-order valence-electron chi connectivity index (χ4n) is 3.45. The molecular formula is C20H23NO6. The van der Waals surface area contributed by atoms with E-state index in [1.54, 1.807) is 36.1 Å². The Balaban J connectivity index is 1.72. The maximum atomic E-state index is 12.7. The number of amides is 1. The zero-order chi connectivity index (χ0) is 19.4. The van der Waals surface area contributed by atoms with Crippen LogP contribution in [0.5, 0.6) is 5.75 Å². The molecule has 2 aliphatic rings. The number of rotatable bonds is 4. The van der Waals surface area contributed by atoms with Gasteiger partial charge in [0.05, 0.1) is 18.6 Å². The second kappa shape index (κ2) is 7.92. The van der Waals surface area contributed by atoms with E-state index in [4.69, 9.17) is 14.6 Å². The van der Waals surface area contributed by atoms with Gasteiger partial charge in [0.15, 0.2) is 11.6 Å². The van der Waals surface area contributed by atoms with Gasteiger partial charge < -0.3 is 19.5 Å². The molecule has 144 valence electrons. The average Bonchev–Trinajstić information content (AvgIpc) is 2.67. The normalized spacial score (nSPS) is 18.3. The summed E-state index contributed by atoms with van der Waals surface area (Å²) in [7, 11) is 0. The van der Waals surface area contributed by atoms with Gasteiger partial charge in [0, 0.05) is 25.9 Å². The number of benzene rings is 1. The number of ether oxygens (including phenoxy) is 2. The molecule has 0 aliphatic carbocycles. The van der Waals surface area contributed by atoms with Gasteiger partial charge in [0.1, 0.15) is 18.0 Å². The fraction of sp³-hybridized carbons (Fsp3) is 0.450. The van der Waals surface area contributed by atoms with Crippen molar-refractivity contribution in [2.75, 3.05) is 26.3 Å². The van der Waals surface area contributed by atoms with Crippen LogP contribution in [-0.4, -0.2) is 59.6 Å². The monoisotopic (exact) mass is 373 g/mol. The molecule has 1 saturated heterocycles. The molecule has 2 aliphatic heterocycles. The van der Waals surface area contributed by atoms with Crippen molar-refractivity contribution in [1.82, 2.24) is 4.90 Å². The molecule has 3 rings (SSSR count). The van der Waals surface area contributed by atoms with Crippen LogP contribution in [0.25, 0.3) is 6.08 Å². The van der Waals surface area contributed by atoms with Gasteiger partial charge in [-0.05, 0) is 30.7 Å². The van der Waals surface area contributed by atoms with Crippen molar-refractivity contribution >= 4 is 23.7 Å². The van der Waals surface area contributed by atoms with E-state index in [1.807, 2.05) is 0 Å². The Kier molecular flexibility index (Phi) is 5.60. The molecule has 7 nitrogen and oxygen atoms in total. The summed E-state index contributed by atoms with van der Waals surface area (Å²) in [6.07, 6.45) is 3.92. The summed E-state index contributed by atoms with van der Waals surface area (Å²) in [5.41, 5.74) is 0.602. The first-order chi connectivity index (χ1) is 13.0. The van der Waals surface area contributed by atoms with Crippen LogP contribution in [-0.2, 0) is 9.53 Å². The zero-order valence-electron chi connectivity index (χ0n) is 15.3. The predicted molar refractivity (Wildman–Crippen MR) is 97.7 cm³/mol. The number of piperidine rings is 1. The highest BCUT2D eigenvalue weighted by molar-refractivity contribution is 6.01.